The Morgan fingerprint density at radius 2 is 1.74 bits per heavy atom. The Hall–Kier alpha value is -2.41. The van der Waals surface area contributed by atoms with Gasteiger partial charge in [-0.15, -0.1) is 17.5 Å². The van der Waals surface area contributed by atoms with Gasteiger partial charge in [-0.1, -0.05) is 18.2 Å². The summed E-state index contributed by atoms with van der Waals surface area (Å²) in [6.45, 7) is 1.22. The molecule has 0 aliphatic heterocycles. The summed E-state index contributed by atoms with van der Waals surface area (Å²) in [7, 11) is 7.42. The van der Waals surface area contributed by atoms with E-state index < -0.39 is 0 Å². The lowest BCUT2D eigenvalue weighted by Crippen LogP contribution is -2.10. The molecule has 0 saturated heterocycles. The summed E-state index contributed by atoms with van der Waals surface area (Å²) in [5, 5.41) is 4.62. The molecule has 0 N–H and O–H groups in total. The van der Waals surface area contributed by atoms with Crippen LogP contribution in [0.5, 0.6) is 5.75 Å². The first-order valence-corrected chi connectivity index (χ1v) is 8.43. The van der Waals surface area contributed by atoms with Crippen LogP contribution in [0.1, 0.15) is 5.56 Å². The number of nitrogens with zero attached hydrogens (tertiary/aromatic N) is 4. The van der Waals surface area contributed by atoms with Crippen LogP contribution in [0.4, 0.5) is 0 Å². The van der Waals surface area contributed by atoms with Gasteiger partial charge in [0.2, 0.25) is 0 Å². The molecule has 6 nitrogen and oxygen atoms in total. The molecule has 0 saturated carbocycles. The number of ether oxygens (including phenoxy) is 2. The topological polar surface area (TPSA) is 52.4 Å². The second-order valence-electron chi connectivity index (χ2n) is 6.34. The van der Waals surface area contributed by atoms with Crippen molar-refractivity contribution in [1.29, 1.82) is 0 Å². The summed E-state index contributed by atoms with van der Waals surface area (Å²) < 4.78 is 12.3. The molecule has 1 aromatic heterocycles. The van der Waals surface area contributed by atoms with Crippen LogP contribution in [0, 0.1) is 0 Å². The van der Waals surface area contributed by atoms with Gasteiger partial charge in [-0.05, 0) is 50.0 Å². The molecule has 0 fully saturated rings. The van der Waals surface area contributed by atoms with E-state index in [1.54, 1.807) is 18.9 Å². The largest absolute Gasteiger partial charge is 0.497 e. The number of hydrogen-bond donors (Lipinski definition) is 0. The van der Waals surface area contributed by atoms with Crippen LogP contribution in [-0.4, -0.2) is 48.0 Å². The van der Waals surface area contributed by atoms with Crippen molar-refractivity contribution in [3.63, 3.8) is 0 Å². The molecule has 0 aliphatic carbocycles. The highest BCUT2D eigenvalue weighted by Gasteiger charge is 2.14. The maximum atomic E-state index is 5.30. The molecule has 0 bridgehead atoms. The van der Waals surface area contributed by atoms with Gasteiger partial charge in [0.25, 0.3) is 0 Å². The van der Waals surface area contributed by atoms with E-state index in [9.17, 15) is 0 Å². The molecule has 0 radical (unpaired) electrons. The monoisotopic (exact) mass is 388 g/mol. The van der Waals surface area contributed by atoms with Crippen molar-refractivity contribution in [3.05, 3.63) is 54.1 Å². The van der Waals surface area contributed by atoms with Crippen molar-refractivity contribution in [3.8, 4) is 28.5 Å². The Kier molecular flexibility index (Phi) is 7.36. The minimum Gasteiger partial charge on any atom is -0.497 e. The van der Waals surface area contributed by atoms with Crippen molar-refractivity contribution in [2.24, 2.45) is 0 Å². The second kappa shape index (κ2) is 9.50. The molecule has 3 aromatic rings. The lowest BCUT2D eigenvalue weighted by Gasteiger charge is -2.11. The Morgan fingerprint density at radius 3 is 2.37 bits per heavy atom. The first-order valence-electron chi connectivity index (χ1n) is 8.43. The molecule has 144 valence electrons. The van der Waals surface area contributed by atoms with Crippen molar-refractivity contribution in [2.75, 3.05) is 28.3 Å². The predicted molar refractivity (Wildman–Crippen MR) is 109 cm³/mol. The fourth-order valence-electron chi connectivity index (χ4n) is 2.80. The number of halogens is 1. The van der Waals surface area contributed by atoms with Crippen molar-refractivity contribution >= 4 is 12.4 Å². The molecular formula is C20H25ClN4O2. The van der Waals surface area contributed by atoms with Crippen molar-refractivity contribution in [1.82, 2.24) is 19.7 Å². The van der Waals surface area contributed by atoms with Gasteiger partial charge in [-0.25, -0.2) is 9.67 Å². The van der Waals surface area contributed by atoms with E-state index in [0.29, 0.717) is 12.6 Å². The van der Waals surface area contributed by atoms with Gasteiger partial charge in [-0.2, -0.15) is 0 Å². The molecule has 3 rings (SSSR count). The van der Waals surface area contributed by atoms with Crippen LogP contribution >= 0.6 is 12.4 Å². The average molecular weight is 389 g/mol. The Labute approximate surface area is 166 Å². The van der Waals surface area contributed by atoms with Crippen LogP contribution in [-0.2, 0) is 18.0 Å². The van der Waals surface area contributed by atoms with Crippen LogP contribution in [0.2, 0.25) is 0 Å². The summed E-state index contributed by atoms with van der Waals surface area (Å²) in [5.74, 6) is 2.26. The molecular weight excluding hydrogens is 364 g/mol. The third kappa shape index (κ3) is 5.07. The van der Waals surface area contributed by atoms with Crippen LogP contribution < -0.4 is 4.74 Å². The van der Waals surface area contributed by atoms with Gasteiger partial charge >= 0.3 is 0 Å². The summed E-state index contributed by atoms with van der Waals surface area (Å²) in [6, 6.07) is 16.1. The Bertz CT molecular complexity index is 863. The van der Waals surface area contributed by atoms with E-state index in [1.165, 1.54) is 5.56 Å². The van der Waals surface area contributed by atoms with E-state index in [-0.39, 0.29) is 12.4 Å². The number of aromatic nitrogens is 3. The summed E-state index contributed by atoms with van der Waals surface area (Å²) in [5.41, 5.74) is 3.19. The van der Waals surface area contributed by atoms with Crippen LogP contribution in [0.15, 0.2) is 48.5 Å². The molecule has 1 heterocycles. The van der Waals surface area contributed by atoms with Crippen LogP contribution in [0.3, 0.4) is 0 Å². The quantitative estimate of drug-likeness (QED) is 0.617. The number of hydrogen-bond acceptors (Lipinski definition) is 5. The van der Waals surface area contributed by atoms with Gasteiger partial charge in [0.05, 0.1) is 7.11 Å². The highest BCUT2D eigenvalue weighted by molar-refractivity contribution is 5.85. The van der Waals surface area contributed by atoms with E-state index in [4.69, 9.17) is 14.5 Å². The first kappa shape index (κ1) is 20.9. The zero-order chi connectivity index (χ0) is 18.5. The van der Waals surface area contributed by atoms with Crippen LogP contribution in [0.25, 0.3) is 22.8 Å². The zero-order valence-electron chi connectivity index (χ0n) is 16.0. The predicted octanol–water partition coefficient (Wildman–Crippen LogP) is 3.71. The molecule has 7 heteroatoms. The highest BCUT2D eigenvalue weighted by Crippen LogP contribution is 2.25. The number of benzene rings is 2. The zero-order valence-corrected chi connectivity index (χ0v) is 16.9. The standard InChI is InChI=1S/C20H24N4O2.ClH/c1-23(2)13-15-6-5-7-17(12-15)20-21-19(22-24(20)14-25-3)16-8-10-18(26-4)11-9-16;/h5-12H,13-14H2,1-4H3;1H. The Balaban J connectivity index is 0.00000261. The molecule has 0 amide bonds. The summed E-state index contributed by atoms with van der Waals surface area (Å²) in [6.07, 6.45) is 0. The van der Waals surface area contributed by atoms with Gasteiger partial charge in [0.1, 0.15) is 12.5 Å². The minimum absolute atomic E-state index is 0. The molecule has 2 aromatic carbocycles. The fourth-order valence-corrected chi connectivity index (χ4v) is 2.80. The SMILES string of the molecule is COCn1nc(-c2ccc(OC)cc2)nc1-c1cccc(CN(C)C)c1.Cl. The van der Waals surface area contributed by atoms with Crippen molar-refractivity contribution in [2.45, 2.75) is 13.3 Å². The van der Waals surface area contributed by atoms with Gasteiger partial charge in [0, 0.05) is 24.8 Å². The first-order chi connectivity index (χ1) is 12.6. The van der Waals surface area contributed by atoms with E-state index in [2.05, 4.69) is 36.2 Å². The molecule has 27 heavy (non-hydrogen) atoms. The van der Waals surface area contributed by atoms with E-state index >= 15 is 0 Å². The van der Waals surface area contributed by atoms with E-state index in [0.717, 1.165) is 29.2 Å². The van der Waals surface area contributed by atoms with Gasteiger partial charge in [-0.3, -0.25) is 0 Å². The maximum absolute atomic E-state index is 5.30. The maximum Gasteiger partial charge on any atom is 0.181 e. The molecule has 0 spiro atoms. The number of methoxy groups -OCH3 is 2. The lowest BCUT2D eigenvalue weighted by atomic mass is 10.1. The third-order valence-electron chi connectivity index (χ3n) is 3.96. The summed E-state index contributed by atoms with van der Waals surface area (Å²) >= 11 is 0. The molecule has 0 aliphatic rings. The molecule has 0 atom stereocenters. The van der Waals surface area contributed by atoms with Gasteiger partial charge in [0.15, 0.2) is 11.6 Å². The average Bonchev–Trinajstić information content (AvgIpc) is 3.06. The Morgan fingerprint density at radius 1 is 1.00 bits per heavy atom. The fraction of sp³-hybridized carbons (Fsp3) is 0.300. The summed E-state index contributed by atoms with van der Waals surface area (Å²) in [4.78, 5) is 6.90. The van der Waals surface area contributed by atoms with Gasteiger partial charge < -0.3 is 14.4 Å². The van der Waals surface area contributed by atoms with E-state index in [1.807, 2.05) is 36.4 Å². The normalized spacial score (nSPS) is 10.7. The highest BCUT2D eigenvalue weighted by atomic mass is 35.5. The lowest BCUT2D eigenvalue weighted by molar-refractivity contribution is 0.122. The third-order valence-corrected chi connectivity index (χ3v) is 3.96. The number of rotatable bonds is 7. The minimum atomic E-state index is 0. The molecule has 0 unspecified atom stereocenters. The second-order valence-corrected chi connectivity index (χ2v) is 6.34. The smallest absolute Gasteiger partial charge is 0.181 e. The van der Waals surface area contributed by atoms with Crippen molar-refractivity contribution < 1.29 is 9.47 Å².